The largest absolute Gasteiger partial charge is 0.506 e. The van der Waals surface area contributed by atoms with Crippen LogP contribution in [0.3, 0.4) is 0 Å². The minimum Gasteiger partial charge on any atom is -0.506 e. The number of halogens is 1. The van der Waals surface area contributed by atoms with E-state index in [4.69, 9.17) is 0 Å². The van der Waals surface area contributed by atoms with Crippen LogP contribution in [0.25, 0.3) is 5.57 Å². The van der Waals surface area contributed by atoms with Crippen LogP contribution in [0.5, 0.6) is 5.75 Å². The van der Waals surface area contributed by atoms with Crippen LogP contribution in [0.1, 0.15) is 38.2 Å². The van der Waals surface area contributed by atoms with Crippen molar-refractivity contribution >= 4 is 27.4 Å². The van der Waals surface area contributed by atoms with Gasteiger partial charge in [0.05, 0.1) is 0 Å². The average Bonchev–Trinajstić information content (AvgIpc) is 3.02. The summed E-state index contributed by atoms with van der Waals surface area (Å²) < 4.78 is 41.6. The van der Waals surface area contributed by atoms with Gasteiger partial charge in [-0.2, -0.15) is 8.42 Å². The van der Waals surface area contributed by atoms with E-state index in [2.05, 4.69) is 12.2 Å². The Kier molecular flexibility index (Phi) is 4.19. The highest BCUT2D eigenvalue weighted by atomic mass is 32.2. The molecule has 0 bridgehead atoms. The molecule has 1 aliphatic carbocycles. The maximum atomic E-state index is 15.1. The molecule has 0 radical (unpaired) electrons. The molecule has 2 heterocycles. The zero-order chi connectivity index (χ0) is 19.4. The van der Waals surface area contributed by atoms with E-state index in [0.29, 0.717) is 16.3 Å². The van der Waals surface area contributed by atoms with Gasteiger partial charge in [-0.1, -0.05) is 13.0 Å². The molecule has 0 spiro atoms. The van der Waals surface area contributed by atoms with E-state index in [1.165, 1.54) is 25.0 Å². The first-order valence-electron chi connectivity index (χ1n) is 8.98. The summed E-state index contributed by atoms with van der Waals surface area (Å²) in [5.41, 5.74) is 0.889. The van der Waals surface area contributed by atoms with Crippen LogP contribution < -0.4 is 14.3 Å². The molecular formula is C18H22FN3O4S. The van der Waals surface area contributed by atoms with Gasteiger partial charge in [0.2, 0.25) is 0 Å². The number of hydrogen-bond acceptors (Lipinski definition) is 5. The second-order valence-corrected chi connectivity index (χ2v) is 9.46. The van der Waals surface area contributed by atoms with Crippen molar-refractivity contribution in [1.29, 1.82) is 0 Å². The number of carbonyl (C=O) groups is 1. The van der Waals surface area contributed by atoms with Gasteiger partial charge < -0.3 is 10.4 Å². The van der Waals surface area contributed by atoms with E-state index in [0.717, 1.165) is 18.4 Å². The normalized spacial score (nSPS) is 25.4. The molecule has 9 heteroatoms. The second kappa shape index (κ2) is 6.20. The van der Waals surface area contributed by atoms with Gasteiger partial charge in [0, 0.05) is 18.2 Å². The monoisotopic (exact) mass is 395 g/mol. The summed E-state index contributed by atoms with van der Waals surface area (Å²) in [7, 11) is -4.20. The van der Waals surface area contributed by atoms with Gasteiger partial charge >= 0.3 is 10.2 Å². The fraction of sp³-hybridized carbons (Fsp3) is 0.500. The average molecular weight is 395 g/mol. The van der Waals surface area contributed by atoms with Gasteiger partial charge in [-0.3, -0.25) is 4.79 Å². The number of rotatable bonds is 5. The molecule has 0 aromatic heterocycles. The SMILES string of the molecule is CC1(CCC2C=C(c3ccc(O)c(N4CC(=O)NS4(=O)=O)c3F)CN2)CC1. The third-order valence-electron chi connectivity index (χ3n) is 5.63. The van der Waals surface area contributed by atoms with E-state index >= 15 is 4.39 Å². The molecule has 3 N–H and O–H groups in total. The Morgan fingerprint density at radius 1 is 1.37 bits per heavy atom. The number of amides is 1. The number of phenols is 1. The lowest BCUT2D eigenvalue weighted by molar-refractivity contribution is -0.117. The molecule has 1 aromatic carbocycles. The lowest BCUT2D eigenvalue weighted by atomic mass is 9.98. The summed E-state index contributed by atoms with van der Waals surface area (Å²) in [4.78, 5) is 11.4. The van der Waals surface area contributed by atoms with Crippen LogP contribution in [0, 0.1) is 11.2 Å². The number of phenolic OH excluding ortho intramolecular Hbond substituents is 1. The Bertz CT molecular complexity index is 940. The molecule has 1 saturated heterocycles. The summed E-state index contributed by atoms with van der Waals surface area (Å²) in [6.45, 7) is 2.17. The fourth-order valence-corrected chi connectivity index (χ4v) is 4.79. The standard InChI is InChI=1S/C18H22FN3O4S/c1-18(6-7-18)5-4-12-8-11(9-20-12)13-2-3-14(23)17(16(13)19)22-10-15(24)21-27(22,25)26/h2-3,8,12,20,23H,4-7,9-10H2,1H3,(H,21,24). The van der Waals surface area contributed by atoms with Crippen molar-refractivity contribution in [2.75, 3.05) is 17.4 Å². The third-order valence-corrected chi connectivity index (χ3v) is 7.01. The maximum Gasteiger partial charge on any atom is 0.326 e. The van der Waals surface area contributed by atoms with Crippen molar-refractivity contribution in [3.63, 3.8) is 0 Å². The topological polar surface area (TPSA) is 98.7 Å². The predicted octanol–water partition coefficient (Wildman–Crippen LogP) is 1.65. The molecule has 4 rings (SSSR count). The smallest absolute Gasteiger partial charge is 0.326 e. The molecule has 3 aliphatic rings. The molecule has 27 heavy (non-hydrogen) atoms. The molecule has 1 aromatic rings. The minimum atomic E-state index is -4.20. The summed E-state index contributed by atoms with van der Waals surface area (Å²) in [6, 6.07) is 2.84. The first-order chi connectivity index (χ1) is 12.7. The van der Waals surface area contributed by atoms with Crippen molar-refractivity contribution in [3.8, 4) is 5.75 Å². The molecule has 1 saturated carbocycles. The molecular weight excluding hydrogens is 373 g/mol. The van der Waals surface area contributed by atoms with E-state index in [1.54, 1.807) is 4.72 Å². The molecule has 2 fully saturated rings. The van der Waals surface area contributed by atoms with E-state index < -0.39 is 39.9 Å². The summed E-state index contributed by atoms with van der Waals surface area (Å²) >= 11 is 0. The molecule has 1 atom stereocenters. The maximum absolute atomic E-state index is 15.1. The molecule has 7 nitrogen and oxygen atoms in total. The number of aromatic hydroxyl groups is 1. The van der Waals surface area contributed by atoms with Crippen molar-refractivity contribution < 1.29 is 22.7 Å². The van der Waals surface area contributed by atoms with Crippen LogP contribution in [0.2, 0.25) is 0 Å². The summed E-state index contributed by atoms with van der Waals surface area (Å²) in [5, 5.41) is 13.4. The Labute approximate surface area is 157 Å². The zero-order valence-electron chi connectivity index (χ0n) is 15.0. The van der Waals surface area contributed by atoms with Gasteiger partial charge in [-0.05, 0) is 48.8 Å². The first-order valence-corrected chi connectivity index (χ1v) is 10.4. The Hall–Kier alpha value is -2.13. The van der Waals surface area contributed by atoms with Gasteiger partial charge in [0.15, 0.2) is 5.82 Å². The second-order valence-electron chi connectivity index (χ2n) is 7.86. The third kappa shape index (κ3) is 3.41. The summed E-state index contributed by atoms with van der Waals surface area (Å²) in [5.74, 6) is -2.14. The highest BCUT2D eigenvalue weighted by Crippen LogP contribution is 2.49. The number of hydrogen-bond donors (Lipinski definition) is 3. The van der Waals surface area contributed by atoms with Gasteiger partial charge in [0.25, 0.3) is 5.91 Å². The van der Waals surface area contributed by atoms with Crippen LogP contribution in [0.4, 0.5) is 10.1 Å². The first kappa shape index (κ1) is 18.2. The highest BCUT2D eigenvalue weighted by Gasteiger charge is 2.39. The Morgan fingerprint density at radius 2 is 2.11 bits per heavy atom. The number of anilines is 1. The van der Waals surface area contributed by atoms with Crippen molar-refractivity contribution in [3.05, 3.63) is 29.6 Å². The molecule has 1 unspecified atom stereocenters. The van der Waals surface area contributed by atoms with Gasteiger partial charge in [-0.25, -0.2) is 13.4 Å². The Balaban J connectivity index is 1.62. The van der Waals surface area contributed by atoms with Crippen LogP contribution in [0.15, 0.2) is 18.2 Å². The minimum absolute atomic E-state index is 0.146. The Morgan fingerprint density at radius 3 is 2.74 bits per heavy atom. The van der Waals surface area contributed by atoms with Gasteiger partial charge in [0.1, 0.15) is 18.0 Å². The predicted molar refractivity (Wildman–Crippen MR) is 98.8 cm³/mol. The molecule has 2 aliphatic heterocycles. The van der Waals surface area contributed by atoms with Crippen LogP contribution in [-0.2, 0) is 15.0 Å². The van der Waals surface area contributed by atoms with Crippen molar-refractivity contribution in [2.24, 2.45) is 5.41 Å². The molecule has 1 amide bonds. The van der Waals surface area contributed by atoms with E-state index in [1.807, 2.05) is 6.08 Å². The quantitative estimate of drug-likeness (QED) is 0.704. The van der Waals surface area contributed by atoms with Crippen molar-refractivity contribution in [1.82, 2.24) is 10.0 Å². The van der Waals surface area contributed by atoms with Gasteiger partial charge in [-0.15, -0.1) is 0 Å². The fourth-order valence-electron chi connectivity index (χ4n) is 3.62. The molecule has 146 valence electrons. The zero-order valence-corrected chi connectivity index (χ0v) is 15.8. The lowest BCUT2D eigenvalue weighted by Crippen LogP contribution is -2.30. The summed E-state index contributed by atoms with van der Waals surface area (Å²) in [6.07, 6.45) is 6.54. The lowest BCUT2D eigenvalue weighted by Gasteiger charge is -2.18. The van der Waals surface area contributed by atoms with E-state index in [9.17, 15) is 18.3 Å². The van der Waals surface area contributed by atoms with Crippen LogP contribution >= 0.6 is 0 Å². The van der Waals surface area contributed by atoms with E-state index in [-0.39, 0.29) is 11.6 Å². The number of nitrogens with one attached hydrogen (secondary N) is 2. The number of nitrogens with zero attached hydrogens (tertiary/aromatic N) is 1. The number of benzene rings is 1. The number of carbonyl (C=O) groups excluding carboxylic acids is 1. The highest BCUT2D eigenvalue weighted by molar-refractivity contribution is 7.92. The van der Waals surface area contributed by atoms with Crippen molar-refractivity contribution in [2.45, 2.75) is 38.6 Å². The van der Waals surface area contributed by atoms with Crippen LogP contribution in [-0.4, -0.2) is 38.6 Å².